The van der Waals surface area contributed by atoms with Crippen molar-refractivity contribution in [3.63, 3.8) is 0 Å². The number of aryl methyl sites for hydroxylation is 2. The van der Waals surface area contributed by atoms with E-state index in [9.17, 15) is 14.0 Å². The van der Waals surface area contributed by atoms with Gasteiger partial charge in [-0.1, -0.05) is 18.2 Å². The van der Waals surface area contributed by atoms with Crippen molar-refractivity contribution in [3.05, 3.63) is 62.3 Å². The second-order valence-electron chi connectivity index (χ2n) is 5.16. The van der Waals surface area contributed by atoms with Gasteiger partial charge in [-0.05, 0) is 25.5 Å². The summed E-state index contributed by atoms with van der Waals surface area (Å²) >= 11 is 1.16. The Morgan fingerprint density at radius 3 is 2.83 bits per heavy atom. The number of aromatic amines is 1. The summed E-state index contributed by atoms with van der Waals surface area (Å²) in [6.45, 7) is 3.49. The molecule has 0 radical (unpaired) electrons. The van der Waals surface area contributed by atoms with Crippen LogP contribution in [0.25, 0.3) is 10.2 Å². The minimum Gasteiger partial charge on any atom is -0.347 e. The Labute approximate surface area is 135 Å². The van der Waals surface area contributed by atoms with E-state index in [1.807, 2.05) is 0 Å². The van der Waals surface area contributed by atoms with E-state index in [0.717, 1.165) is 11.3 Å². The highest BCUT2D eigenvalue weighted by atomic mass is 32.1. The van der Waals surface area contributed by atoms with E-state index in [1.165, 1.54) is 6.07 Å². The lowest BCUT2D eigenvalue weighted by Gasteiger charge is -2.05. The third kappa shape index (κ3) is 2.87. The summed E-state index contributed by atoms with van der Waals surface area (Å²) in [6.07, 6.45) is 0. The molecule has 118 valence electrons. The maximum absolute atomic E-state index is 13.6. The Hall–Kier alpha value is -2.54. The molecule has 0 saturated heterocycles. The first-order valence-electron chi connectivity index (χ1n) is 6.99. The van der Waals surface area contributed by atoms with E-state index >= 15 is 0 Å². The van der Waals surface area contributed by atoms with Gasteiger partial charge >= 0.3 is 0 Å². The molecule has 2 N–H and O–H groups in total. The van der Waals surface area contributed by atoms with Crippen LogP contribution >= 0.6 is 11.3 Å². The number of thiophene rings is 1. The number of carbonyl (C=O) groups excluding carboxylic acids is 1. The van der Waals surface area contributed by atoms with Crippen LogP contribution in [0, 0.1) is 19.7 Å². The van der Waals surface area contributed by atoms with Crippen molar-refractivity contribution in [2.75, 3.05) is 0 Å². The smallest absolute Gasteiger partial charge is 0.261 e. The molecule has 23 heavy (non-hydrogen) atoms. The molecule has 3 aromatic rings. The average molecular weight is 331 g/mol. The first-order chi connectivity index (χ1) is 11.0. The van der Waals surface area contributed by atoms with Crippen LogP contribution in [0.4, 0.5) is 4.39 Å². The fourth-order valence-corrected chi connectivity index (χ4v) is 3.51. The zero-order valence-corrected chi connectivity index (χ0v) is 13.4. The van der Waals surface area contributed by atoms with E-state index in [2.05, 4.69) is 15.3 Å². The lowest BCUT2D eigenvalue weighted by Crippen LogP contribution is -2.23. The van der Waals surface area contributed by atoms with Crippen molar-refractivity contribution in [2.45, 2.75) is 20.4 Å². The summed E-state index contributed by atoms with van der Waals surface area (Å²) < 4.78 is 13.6. The minimum absolute atomic E-state index is 0.0853. The molecule has 5 nitrogen and oxygen atoms in total. The van der Waals surface area contributed by atoms with E-state index < -0.39 is 0 Å². The van der Waals surface area contributed by atoms with Gasteiger partial charge in [-0.2, -0.15) is 0 Å². The van der Waals surface area contributed by atoms with Crippen molar-refractivity contribution in [2.24, 2.45) is 0 Å². The molecule has 1 aromatic carbocycles. The maximum Gasteiger partial charge on any atom is 0.261 e. The summed E-state index contributed by atoms with van der Waals surface area (Å²) in [5.41, 5.74) is 0.741. The lowest BCUT2D eigenvalue weighted by atomic mass is 10.2. The van der Waals surface area contributed by atoms with Crippen molar-refractivity contribution >= 4 is 27.5 Å². The Kier molecular flexibility index (Phi) is 3.96. The number of benzene rings is 1. The van der Waals surface area contributed by atoms with Crippen LogP contribution in [-0.2, 0) is 6.54 Å². The van der Waals surface area contributed by atoms with Gasteiger partial charge in [0.25, 0.3) is 11.5 Å². The van der Waals surface area contributed by atoms with Gasteiger partial charge in [0, 0.05) is 12.1 Å². The number of fused-ring (bicyclic) bond motifs is 1. The molecule has 0 aliphatic rings. The molecule has 1 amide bonds. The Balaban J connectivity index is 1.90. The molecule has 2 aromatic heterocycles. The molecule has 0 unspecified atom stereocenters. The highest BCUT2D eigenvalue weighted by molar-refractivity contribution is 7.20. The second-order valence-corrected chi connectivity index (χ2v) is 6.16. The molecule has 7 heteroatoms. The van der Waals surface area contributed by atoms with Crippen molar-refractivity contribution < 1.29 is 9.18 Å². The Morgan fingerprint density at radius 1 is 1.35 bits per heavy atom. The van der Waals surface area contributed by atoms with Gasteiger partial charge in [0.05, 0.1) is 10.3 Å². The number of carbonyl (C=O) groups is 1. The predicted molar refractivity (Wildman–Crippen MR) is 87.3 cm³/mol. The molecule has 2 heterocycles. The summed E-state index contributed by atoms with van der Waals surface area (Å²) in [5, 5.41) is 3.11. The predicted octanol–water partition coefficient (Wildman–Crippen LogP) is 2.67. The van der Waals surface area contributed by atoms with Crippen LogP contribution in [0.2, 0.25) is 0 Å². The summed E-state index contributed by atoms with van der Waals surface area (Å²) in [4.78, 5) is 32.2. The SMILES string of the molecule is Cc1nc2sc(C(=O)NCc3ccccc3F)c(C)c2c(=O)[nH]1. The van der Waals surface area contributed by atoms with Crippen LogP contribution in [0.1, 0.15) is 26.6 Å². The van der Waals surface area contributed by atoms with Gasteiger partial charge in [0.2, 0.25) is 0 Å². The van der Waals surface area contributed by atoms with Crippen LogP contribution in [0.5, 0.6) is 0 Å². The summed E-state index contributed by atoms with van der Waals surface area (Å²) in [6, 6.07) is 6.26. The van der Waals surface area contributed by atoms with E-state index in [-0.39, 0.29) is 23.8 Å². The van der Waals surface area contributed by atoms with Gasteiger partial charge < -0.3 is 10.3 Å². The summed E-state index contributed by atoms with van der Waals surface area (Å²) in [5.74, 6) is -0.206. The standard InChI is InChI=1S/C16H14FN3O2S/c1-8-12-14(21)19-9(2)20-16(12)23-13(8)15(22)18-7-10-5-3-4-6-11(10)17/h3-6H,7H2,1-2H3,(H,18,22)(H,19,20,21). The average Bonchev–Trinajstić information content (AvgIpc) is 2.83. The molecule has 0 spiro atoms. The van der Waals surface area contributed by atoms with E-state index in [1.54, 1.807) is 32.0 Å². The van der Waals surface area contributed by atoms with Gasteiger partial charge in [-0.25, -0.2) is 9.37 Å². The zero-order valence-electron chi connectivity index (χ0n) is 12.6. The zero-order chi connectivity index (χ0) is 16.6. The van der Waals surface area contributed by atoms with Crippen LogP contribution < -0.4 is 10.9 Å². The topological polar surface area (TPSA) is 74.8 Å². The molecule has 3 rings (SSSR count). The van der Waals surface area contributed by atoms with Crippen molar-refractivity contribution in [1.82, 2.24) is 15.3 Å². The van der Waals surface area contributed by atoms with E-state index in [4.69, 9.17) is 0 Å². The monoisotopic (exact) mass is 331 g/mol. The Bertz CT molecular complexity index is 962. The number of nitrogens with one attached hydrogen (secondary N) is 2. The molecular formula is C16H14FN3O2S. The van der Waals surface area contributed by atoms with Crippen molar-refractivity contribution in [3.8, 4) is 0 Å². The summed E-state index contributed by atoms with van der Waals surface area (Å²) in [7, 11) is 0. The minimum atomic E-state index is -0.366. The van der Waals surface area contributed by atoms with Gasteiger partial charge in [-0.3, -0.25) is 9.59 Å². The van der Waals surface area contributed by atoms with E-state index in [0.29, 0.717) is 32.0 Å². The number of hydrogen-bond donors (Lipinski definition) is 2. The first kappa shape index (κ1) is 15.4. The van der Waals surface area contributed by atoms with Gasteiger partial charge in [0.1, 0.15) is 16.5 Å². The van der Waals surface area contributed by atoms with Gasteiger partial charge in [0.15, 0.2) is 0 Å². The van der Waals surface area contributed by atoms with Crippen LogP contribution in [-0.4, -0.2) is 15.9 Å². The number of hydrogen-bond acceptors (Lipinski definition) is 4. The molecule has 0 atom stereocenters. The molecule has 0 bridgehead atoms. The molecule has 0 saturated carbocycles. The quantitative estimate of drug-likeness (QED) is 0.775. The highest BCUT2D eigenvalue weighted by Crippen LogP contribution is 2.26. The number of rotatable bonds is 3. The van der Waals surface area contributed by atoms with Crippen molar-refractivity contribution in [1.29, 1.82) is 0 Å². The molecule has 0 aliphatic heterocycles. The van der Waals surface area contributed by atoms with Crippen LogP contribution in [0.3, 0.4) is 0 Å². The highest BCUT2D eigenvalue weighted by Gasteiger charge is 2.18. The molecular weight excluding hydrogens is 317 g/mol. The second kappa shape index (κ2) is 5.92. The fourth-order valence-electron chi connectivity index (χ4n) is 2.37. The normalized spacial score (nSPS) is 10.9. The molecule has 0 fully saturated rings. The number of amides is 1. The lowest BCUT2D eigenvalue weighted by molar-refractivity contribution is 0.0954. The third-order valence-corrected chi connectivity index (χ3v) is 4.71. The third-order valence-electron chi connectivity index (χ3n) is 3.52. The Morgan fingerprint density at radius 2 is 2.09 bits per heavy atom. The largest absolute Gasteiger partial charge is 0.347 e. The number of halogens is 1. The number of aromatic nitrogens is 2. The number of nitrogens with zero attached hydrogens (tertiary/aromatic N) is 1. The molecule has 0 aliphatic carbocycles. The number of H-pyrrole nitrogens is 1. The maximum atomic E-state index is 13.6. The fraction of sp³-hybridized carbons (Fsp3) is 0.188. The van der Waals surface area contributed by atoms with Crippen LogP contribution in [0.15, 0.2) is 29.1 Å². The van der Waals surface area contributed by atoms with Gasteiger partial charge in [-0.15, -0.1) is 11.3 Å². The first-order valence-corrected chi connectivity index (χ1v) is 7.80.